The van der Waals surface area contributed by atoms with E-state index in [1.165, 1.54) is 24.8 Å². The molecule has 34 heavy (non-hydrogen) atoms. The first kappa shape index (κ1) is 26.4. The summed E-state index contributed by atoms with van der Waals surface area (Å²) in [4.78, 5) is 0. The topological polar surface area (TPSA) is 76.9 Å². The minimum Gasteiger partial charge on any atom is -0.273 e. The maximum atomic E-state index is 12.7. The van der Waals surface area contributed by atoms with Gasteiger partial charge in [0.05, 0.1) is 11.8 Å². The van der Waals surface area contributed by atoms with Crippen molar-refractivity contribution in [1.82, 2.24) is 19.5 Å². The van der Waals surface area contributed by atoms with Gasteiger partial charge >= 0.3 is 0 Å². The van der Waals surface area contributed by atoms with Gasteiger partial charge in [-0.1, -0.05) is 98.8 Å². The van der Waals surface area contributed by atoms with Gasteiger partial charge in [0.25, 0.3) is 0 Å². The molecule has 0 aliphatic carbocycles. The molecule has 0 saturated heterocycles. The normalized spacial score (nSPS) is 12.7. The van der Waals surface area contributed by atoms with Gasteiger partial charge in [-0.15, -0.1) is 10.2 Å². The van der Waals surface area contributed by atoms with Crippen LogP contribution in [0.2, 0.25) is 0 Å². The van der Waals surface area contributed by atoms with Gasteiger partial charge in [0.1, 0.15) is 0 Å². The van der Waals surface area contributed by atoms with Gasteiger partial charge in [-0.3, -0.25) is 4.57 Å². The Bertz CT molecular complexity index is 1110. The highest BCUT2D eigenvalue weighted by Crippen LogP contribution is 2.28. The van der Waals surface area contributed by atoms with E-state index >= 15 is 0 Å². The molecule has 0 saturated carbocycles. The molecule has 1 aromatic heterocycles. The predicted octanol–water partition coefficient (Wildman–Crippen LogP) is 6.21. The fourth-order valence-corrected chi connectivity index (χ4v) is 6.03. The molecule has 1 unspecified atom stereocenters. The van der Waals surface area contributed by atoms with Gasteiger partial charge in [-0.25, -0.2) is 13.1 Å². The second-order valence-electron chi connectivity index (χ2n) is 8.71. The summed E-state index contributed by atoms with van der Waals surface area (Å²) in [6.07, 6.45) is 6.27. The number of nitrogens with one attached hydrogen (secondary N) is 1. The second kappa shape index (κ2) is 13.1. The summed E-state index contributed by atoms with van der Waals surface area (Å²) in [6, 6.07) is 17.8. The van der Waals surface area contributed by atoms with Crippen LogP contribution in [-0.2, 0) is 15.8 Å². The Hall–Kier alpha value is -2.16. The van der Waals surface area contributed by atoms with Crippen LogP contribution in [-0.4, -0.2) is 28.9 Å². The van der Waals surface area contributed by atoms with E-state index in [1.54, 1.807) is 11.8 Å². The van der Waals surface area contributed by atoms with Crippen LogP contribution in [0.5, 0.6) is 0 Å². The molecule has 0 bridgehead atoms. The van der Waals surface area contributed by atoms with Gasteiger partial charge in [0, 0.05) is 11.4 Å². The maximum absolute atomic E-state index is 12.7. The van der Waals surface area contributed by atoms with Crippen molar-refractivity contribution in [2.45, 2.75) is 76.2 Å². The zero-order chi connectivity index (χ0) is 24.4. The summed E-state index contributed by atoms with van der Waals surface area (Å²) in [6.45, 7) is 6.05. The predicted molar refractivity (Wildman–Crippen MR) is 141 cm³/mol. The van der Waals surface area contributed by atoms with Crippen molar-refractivity contribution in [2.24, 2.45) is 0 Å². The minimum atomic E-state index is -3.41. The second-order valence-corrected chi connectivity index (χ2v) is 11.5. The van der Waals surface area contributed by atoms with Crippen molar-refractivity contribution in [1.29, 1.82) is 0 Å². The van der Waals surface area contributed by atoms with Gasteiger partial charge in [-0.05, 0) is 38.0 Å². The molecular weight excluding hydrogens is 464 g/mol. The van der Waals surface area contributed by atoms with E-state index in [0.717, 1.165) is 35.0 Å². The average molecular weight is 501 g/mol. The maximum Gasteiger partial charge on any atom is 0.212 e. The number of hydrogen-bond acceptors (Lipinski definition) is 5. The number of hydrogen-bond donors (Lipinski definition) is 1. The molecule has 184 valence electrons. The molecule has 0 radical (unpaired) electrons. The SMILES string of the molecule is CCCCCCCCS(=O)(=O)NC(C)c1nnc(SCc2ccccc2)n1-c1ccc(C)cc1. The number of sulfonamides is 1. The van der Waals surface area contributed by atoms with Crippen molar-refractivity contribution in [3.05, 3.63) is 71.5 Å². The highest BCUT2D eigenvalue weighted by molar-refractivity contribution is 7.98. The Kier molecular flexibility index (Phi) is 10.2. The minimum absolute atomic E-state index is 0.137. The van der Waals surface area contributed by atoms with E-state index in [0.29, 0.717) is 12.2 Å². The Balaban J connectivity index is 1.74. The van der Waals surface area contributed by atoms with Crippen LogP contribution in [0.3, 0.4) is 0 Å². The first-order valence-corrected chi connectivity index (χ1v) is 14.7. The smallest absolute Gasteiger partial charge is 0.212 e. The summed E-state index contributed by atoms with van der Waals surface area (Å²) < 4.78 is 30.3. The highest BCUT2D eigenvalue weighted by Gasteiger charge is 2.23. The van der Waals surface area contributed by atoms with Crippen LogP contribution in [0, 0.1) is 6.92 Å². The standard InChI is InChI=1S/C26H36N4O2S2/c1-4-5-6-7-8-12-19-34(31,32)29-22(3)25-27-28-26(33-20-23-13-10-9-11-14-23)30(25)24-17-15-21(2)16-18-24/h9-11,13-18,22,29H,4-8,12,19-20H2,1-3H3. The Labute approximate surface area is 208 Å². The first-order valence-electron chi connectivity index (χ1n) is 12.1. The fraction of sp³-hybridized carbons (Fsp3) is 0.462. The average Bonchev–Trinajstić information content (AvgIpc) is 3.25. The van der Waals surface area contributed by atoms with Crippen LogP contribution < -0.4 is 4.72 Å². The van der Waals surface area contributed by atoms with Gasteiger partial charge in [-0.2, -0.15) is 0 Å². The highest BCUT2D eigenvalue weighted by atomic mass is 32.2. The largest absolute Gasteiger partial charge is 0.273 e. The number of thioether (sulfide) groups is 1. The molecule has 0 fully saturated rings. The number of benzene rings is 2. The van der Waals surface area contributed by atoms with Crippen molar-refractivity contribution < 1.29 is 8.42 Å². The zero-order valence-corrected chi connectivity index (χ0v) is 22.0. The number of nitrogens with zero attached hydrogens (tertiary/aromatic N) is 3. The Morgan fingerprint density at radius 2 is 1.62 bits per heavy atom. The number of aryl methyl sites for hydroxylation is 1. The van der Waals surface area contributed by atoms with E-state index in [1.807, 2.05) is 60.9 Å². The molecule has 1 heterocycles. The molecule has 0 aliphatic rings. The molecule has 0 spiro atoms. The monoisotopic (exact) mass is 500 g/mol. The molecule has 0 aliphatic heterocycles. The lowest BCUT2D eigenvalue weighted by atomic mass is 10.1. The van der Waals surface area contributed by atoms with Crippen LogP contribution in [0.15, 0.2) is 59.8 Å². The quantitative estimate of drug-likeness (QED) is 0.210. The molecule has 2 aromatic carbocycles. The van der Waals surface area contributed by atoms with Crippen molar-refractivity contribution >= 4 is 21.8 Å². The number of unbranched alkanes of at least 4 members (excludes halogenated alkanes) is 5. The number of aromatic nitrogens is 3. The van der Waals surface area contributed by atoms with Crippen molar-refractivity contribution in [2.75, 3.05) is 5.75 Å². The fourth-order valence-electron chi connectivity index (χ4n) is 3.77. The molecule has 1 N–H and O–H groups in total. The summed E-state index contributed by atoms with van der Waals surface area (Å²) in [7, 11) is -3.41. The van der Waals surface area contributed by atoms with Crippen LogP contribution in [0.25, 0.3) is 5.69 Å². The third-order valence-corrected chi connectivity index (χ3v) is 8.21. The van der Waals surface area contributed by atoms with E-state index < -0.39 is 16.1 Å². The van der Waals surface area contributed by atoms with E-state index in [2.05, 4.69) is 34.0 Å². The summed E-state index contributed by atoms with van der Waals surface area (Å²) >= 11 is 1.59. The van der Waals surface area contributed by atoms with Crippen molar-refractivity contribution in [3.63, 3.8) is 0 Å². The molecule has 8 heteroatoms. The first-order chi connectivity index (χ1) is 16.4. The molecule has 3 aromatic rings. The van der Waals surface area contributed by atoms with E-state index in [-0.39, 0.29) is 5.75 Å². The van der Waals surface area contributed by atoms with E-state index in [9.17, 15) is 8.42 Å². The summed E-state index contributed by atoms with van der Waals surface area (Å²) in [5.41, 5.74) is 3.27. The lowest BCUT2D eigenvalue weighted by Gasteiger charge is -2.17. The van der Waals surface area contributed by atoms with Crippen LogP contribution in [0.4, 0.5) is 0 Å². The Morgan fingerprint density at radius 3 is 2.32 bits per heavy atom. The Morgan fingerprint density at radius 1 is 0.941 bits per heavy atom. The lowest BCUT2D eigenvalue weighted by molar-refractivity contribution is 0.549. The molecule has 0 amide bonds. The van der Waals surface area contributed by atoms with Crippen molar-refractivity contribution in [3.8, 4) is 5.69 Å². The van der Waals surface area contributed by atoms with Gasteiger partial charge in [0.15, 0.2) is 11.0 Å². The zero-order valence-electron chi connectivity index (χ0n) is 20.4. The number of rotatable bonds is 14. The molecule has 3 rings (SSSR count). The molecular formula is C26H36N4O2S2. The summed E-state index contributed by atoms with van der Waals surface area (Å²) in [5.74, 6) is 1.48. The van der Waals surface area contributed by atoms with Gasteiger partial charge < -0.3 is 0 Å². The lowest BCUT2D eigenvalue weighted by Crippen LogP contribution is -2.30. The third kappa shape index (κ3) is 7.96. The summed E-state index contributed by atoms with van der Waals surface area (Å²) in [5, 5.41) is 9.57. The molecule has 1 atom stereocenters. The molecule has 6 nitrogen and oxygen atoms in total. The van der Waals surface area contributed by atoms with Crippen LogP contribution in [0.1, 0.15) is 75.4 Å². The third-order valence-electron chi connectivity index (χ3n) is 5.67. The van der Waals surface area contributed by atoms with E-state index in [4.69, 9.17) is 0 Å². The van der Waals surface area contributed by atoms with Gasteiger partial charge in [0.2, 0.25) is 10.0 Å². The van der Waals surface area contributed by atoms with Crippen LogP contribution >= 0.6 is 11.8 Å².